The molecule has 0 amide bonds. The van der Waals surface area contributed by atoms with Gasteiger partial charge in [-0.1, -0.05) is 69.9 Å². The Labute approximate surface area is 275 Å². The molecule has 0 N–H and O–H groups in total. The van der Waals surface area contributed by atoms with E-state index in [1.54, 1.807) is 31.2 Å². The van der Waals surface area contributed by atoms with Crippen LogP contribution in [0, 0.1) is 60.2 Å². The van der Waals surface area contributed by atoms with Crippen LogP contribution in [-0.4, -0.2) is 0 Å². The quantitative estimate of drug-likeness (QED) is 0.148. The van der Waals surface area contributed by atoms with Crippen LogP contribution in [-0.2, 0) is 38.8 Å². The van der Waals surface area contributed by atoms with Gasteiger partial charge in [-0.15, -0.1) is 0 Å². The van der Waals surface area contributed by atoms with Crippen molar-refractivity contribution in [3.8, 4) is 16.9 Å². The van der Waals surface area contributed by atoms with E-state index < -0.39 is 46.5 Å². The van der Waals surface area contributed by atoms with Gasteiger partial charge < -0.3 is 11.2 Å². The Bertz CT molecular complexity index is 1270. The maximum Gasteiger partial charge on any atom is 0.432 e. The van der Waals surface area contributed by atoms with Gasteiger partial charge in [0.2, 0.25) is 0 Å². The smallest absolute Gasteiger partial charge is 0.429 e. The van der Waals surface area contributed by atoms with E-state index >= 15 is 0 Å². The predicted octanol–water partition coefficient (Wildman–Crippen LogP) is 11.3. The van der Waals surface area contributed by atoms with Crippen molar-refractivity contribution in [1.29, 1.82) is 0 Å². The third kappa shape index (κ3) is 9.78. The minimum absolute atomic E-state index is 0. The first kappa shape index (κ1) is 37.3. The van der Waals surface area contributed by atoms with Gasteiger partial charge in [0.15, 0.2) is 17.5 Å². The van der Waals surface area contributed by atoms with E-state index in [0.717, 1.165) is 23.3 Å². The Morgan fingerprint density at radius 3 is 1.70 bits per heavy atom. The zero-order chi connectivity index (χ0) is 29.7. The topological polar surface area (TPSA) is 9.23 Å². The second kappa shape index (κ2) is 16.4. The van der Waals surface area contributed by atoms with Gasteiger partial charge >= 0.3 is 6.11 Å². The van der Waals surface area contributed by atoms with E-state index in [9.17, 15) is 30.7 Å². The number of halogens is 7. The van der Waals surface area contributed by atoms with Gasteiger partial charge in [-0.3, -0.25) is 0 Å². The van der Waals surface area contributed by atoms with E-state index in [1.807, 2.05) is 0 Å². The Morgan fingerprint density at radius 1 is 0.698 bits per heavy atom. The molecule has 233 valence electrons. The van der Waals surface area contributed by atoms with Crippen molar-refractivity contribution >= 4 is 0 Å². The average molecular weight is 685 g/mol. The van der Waals surface area contributed by atoms with E-state index in [4.69, 9.17) is 0 Å². The van der Waals surface area contributed by atoms with Gasteiger partial charge in [0, 0.05) is 44.8 Å². The average Bonchev–Trinajstić information content (AvgIpc) is 2.92. The molecule has 2 aliphatic carbocycles. The van der Waals surface area contributed by atoms with Gasteiger partial charge in [0.1, 0.15) is 22.9 Å². The molecule has 3 aromatic carbocycles. The standard InChI is InChI=1S/C20H11F7O.C13H23.CH4.Y/c1-10-2-4-11(5-3-10)12-6-14(21)18(15(22)7-12)20(26,27)28-13-8-16(23)19(25)17(24)9-13;1-11-7-9-13(10-8-11)12-5-3-2-4-6-12;;/h2-9H,1H3;2,11-13H,3-10H2,1H3;1H4;/q;-1;;. The van der Waals surface area contributed by atoms with Crippen molar-refractivity contribution in [3.05, 3.63) is 95.2 Å². The van der Waals surface area contributed by atoms with Crippen molar-refractivity contribution in [3.63, 3.8) is 0 Å². The van der Waals surface area contributed by atoms with Gasteiger partial charge in [-0.2, -0.15) is 21.6 Å². The molecule has 1 nitrogen and oxygen atoms in total. The first-order valence-electron chi connectivity index (χ1n) is 14.0. The van der Waals surface area contributed by atoms with Crippen molar-refractivity contribution < 1.29 is 68.2 Å². The van der Waals surface area contributed by atoms with Gasteiger partial charge in [-0.25, -0.2) is 22.0 Å². The predicted molar refractivity (Wildman–Crippen MR) is 151 cm³/mol. The fourth-order valence-corrected chi connectivity index (χ4v) is 5.74. The van der Waals surface area contributed by atoms with Gasteiger partial charge in [-0.05, 0) is 60.8 Å². The first-order valence-corrected chi connectivity index (χ1v) is 14.0. The Hall–Kier alpha value is -1.93. The van der Waals surface area contributed by atoms with Crippen LogP contribution in [0.4, 0.5) is 30.7 Å². The maximum atomic E-state index is 14.3. The molecule has 0 spiro atoms. The molecule has 9 heteroatoms. The summed E-state index contributed by atoms with van der Waals surface area (Å²) >= 11 is 0. The van der Waals surface area contributed by atoms with Crippen molar-refractivity contribution in [2.75, 3.05) is 0 Å². The molecule has 3 aromatic rings. The molecule has 0 aliphatic heterocycles. The van der Waals surface area contributed by atoms with E-state index in [-0.39, 0.29) is 57.8 Å². The molecule has 0 saturated heterocycles. The summed E-state index contributed by atoms with van der Waals surface area (Å²) in [6, 6.07) is 8.12. The zero-order valence-corrected chi connectivity index (χ0v) is 26.6. The minimum atomic E-state index is -4.61. The van der Waals surface area contributed by atoms with Crippen LogP contribution in [0.15, 0.2) is 48.5 Å². The number of hydrogen-bond acceptors (Lipinski definition) is 1. The summed E-state index contributed by atoms with van der Waals surface area (Å²) in [6.07, 6.45) is 9.75. The maximum absolute atomic E-state index is 14.3. The summed E-state index contributed by atoms with van der Waals surface area (Å²) in [7, 11) is 0. The molecule has 0 aromatic heterocycles. The Kier molecular flexibility index (Phi) is 14.2. The molecule has 1 radical (unpaired) electrons. The van der Waals surface area contributed by atoms with Crippen LogP contribution < -0.4 is 4.74 Å². The number of benzene rings is 3. The van der Waals surface area contributed by atoms with Crippen LogP contribution in [0.25, 0.3) is 11.1 Å². The fraction of sp³-hybridized carbons (Fsp3) is 0.441. The zero-order valence-electron chi connectivity index (χ0n) is 23.7. The molecule has 0 heterocycles. The third-order valence-corrected chi connectivity index (χ3v) is 8.13. The second-order valence-corrected chi connectivity index (χ2v) is 11.2. The van der Waals surface area contributed by atoms with Crippen LogP contribution >= 0.6 is 0 Å². The van der Waals surface area contributed by atoms with Crippen molar-refractivity contribution in [1.82, 2.24) is 0 Å². The molecule has 0 unspecified atom stereocenters. The molecule has 0 atom stereocenters. The second-order valence-electron chi connectivity index (χ2n) is 11.2. The van der Waals surface area contributed by atoms with Crippen molar-refractivity contribution in [2.24, 2.45) is 17.8 Å². The van der Waals surface area contributed by atoms with Crippen molar-refractivity contribution in [2.45, 2.75) is 78.7 Å². The van der Waals surface area contributed by atoms with E-state index in [2.05, 4.69) is 18.1 Å². The molecular weight excluding hydrogens is 646 g/mol. The van der Waals surface area contributed by atoms with Crippen LogP contribution in [0.2, 0.25) is 0 Å². The molecule has 2 saturated carbocycles. The Balaban J connectivity index is 0.000000362. The summed E-state index contributed by atoms with van der Waals surface area (Å²) in [5.74, 6) is -6.64. The van der Waals surface area contributed by atoms with E-state index in [0.29, 0.717) is 17.7 Å². The third-order valence-electron chi connectivity index (χ3n) is 8.13. The number of alkyl halides is 2. The number of rotatable bonds is 5. The van der Waals surface area contributed by atoms with Gasteiger partial charge in [0.05, 0.1) is 0 Å². The number of ether oxygens (including phenoxy) is 1. The molecule has 43 heavy (non-hydrogen) atoms. The number of hydrogen-bond donors (Lipinski definition) is 0. The normalized spacial score (nSPS) is 18.9. The summed E-state index contributed by atoms with van der Waals surface area (Å²) in [5.41, 5.74) is -0.455. The molecule has 5 rings (SSSR count). The molecule has 2 aliphatic rings. The fourth-order valence-electron chi connectivity index (χ4n) is 5.74. The first-order chi connectivity index (χ1) is 19.4. The Morgan fingerprint density at radius 2 is 1.19 bits per heavy atom. The number of aryl methyl sites for hydroxylation is 1. The molecular formula is C34H38F7OY-. The largest absolute Gasteiger partial charge is 0.432 e. The summed E-state index contributed by atoms with van der Waals surface area (Å²) in [4.78, 5) is 0. The molecule has 2 fully saturated rings. The SMILES string of the molecule is C.CC1CCC(C2CC[CH-]CC2)CC1.Cc1ccc(-c2cc(F)c(C(F)(F)Oc3cc(F)c(F)c(F)c3)c(F)c2)cc1.[Y]. The summed E-state index contributed by atoms with van der Waals surface area (Å²) in [5, 5.41) is 0. The molecule has 0 bridgehead atoms. The van der Waals surface area contributed by atoms with Gasteiger partial charge in [0.25, 0.3) is 0 Å². The minimum Gasteiger partial charge on any atom is -0.429 e. The van der Waals surface area contributed by atoms with Crippen LogP contribution in [0.3, 0.4) is 0 Å². The van der Waals surface area contributed by atoms with Crippen LogP contribution in [0.5, 0.6) is 5.75 Å². The summed E-state index contributed by atoms with van der Waals surface area (Å²) in [6.45, 7) is 4.22. The van der Waals surface area contributed by atoms with Crippen LogP contribution in [0.1, 0.15) is 76.8 Å². The van der Waals surface area contributed by atoms with E-state index in [1.165, 1.54) is 51.4 Å². The summed E-state index contributed by atoms with van der Waals surface area (Å²) < 4.78 is 100. The monoisotopic (exact) mass is 684 g/mol.